The van der Waals surface area contributed by atoms with Crippen molar-refractivity contribution in [2.45, 2.75) is 32.2 Å². The third-order valence-corrected chi connectivity index (χ3v) is 5.25. The molecule has 3 aliphatic rings. The fourth-order valence-electron chi connectivity index (χ4n) is 4.56. The monoisotopic (exact) mass is 258 g/mol. The summed E-state index contributed by atoms with van der Waals surface area (Å²) >= 11 is 0. The standard InChI is InChI=1S/C15H18N2O2/c1-7-4-10(15(18)19)6-11(16-7)17-14-12-8-2-3-9(5-8)13(12)14/h4,6,8-9,12-14H,2-3,5H2,1H3,(H,16,17)(H,18,19). The van der Waals surface area contributed by atoms with Crippen LogP contribution in [0.25, 0.3) is 0 Å². The summed E-state index contributed by atoms with van der Waals surface area (Å²) in [7, 11) is 0. The molecule has 0 amide bonds. The molecule has 1 aromatic rings. The number of hydrogen-bond acceptors (Lipinski definition) is 3. The van der Waals surface area contributed by atoms with E-state index < -0.39 is 5.97 Å². The summed E-state index contributed by atoms with van der Waals surface area (Å²) in [5.74, 6) is 3.33. The molecule has 0 spiro atoms. The molecule has 2 N–H and O–H groups in total. The van der Waals surface area contributed by atoms with E-state index in [9.17, 15) is 4.79 Å². The summed E-state index contributed by atoms with van der Waals surface area (Å²) in [6.07, 6.45) is 4.21. The van der Waals surface area contributed by atoms with Gasteiger partial charge in [-0.3, -0.25) is 0 Å². The van der Waals surface area contributed by atoms with E-state index in [0.717, 1.165) is 35.2 Å². The minimum Gasteiger partial charge on any atom is -0.478 e. The third-order valence-electron chi connectivity index (χ3n) is 5.25. The van der Waals surface area contributed by atoms with Gasteiger partial charge in [0.05, 0.1) is 5.56 Å². The maximum absolute atomic E-state index is 11.1. The lowest BCUT2D eigenvalue weighted by molar-refractivity contribution is 0.0696. The highest BCUT2D eigenvalue weighted by molar-refractivity contribution is 5.88. The quantitative estimate of drug-likeness (QED) is 0.874. The minimum atomic E-state index is -0.885. The zero-order chi connectivity index (χ0) is 13.1. The van der Waals surface area contributed by atoms with E-state index in [2.05, 4.69) is 10.3 Å². The molecule has 1 aromatic heterocycles. The highest BCUT2D eigenvalue weighted by atomic mass is 16.4. The van der Waals surface area contributed by atoms with E-state index in [4.69, 9.17) is 5.11 Å². The van der Waals surface area contributed by atoms with Gasteiger partial charge < -0.3 is 10.4 Å². The summed E-state index contributed by atoms with van der Waals surface area (Å²) in [4.78, 5) is 15.5. The molecule has 4 atom stereocenters. The Morgan fingerprint density at radius 1 is 1.32 bits per heavy atom. The van der Waals surface area contributed by atoms with E-state index in [-0.39, 0.29) is 0 Å². The zero-order valence-electron chi connectivity index (χ0n) is 11.0. The molecular formula is C15H18N2O2. The topological polar surface area (TPSA) is 62.2 Å². The largest absolute Gasteiger partial charge is 0.478 e. The van der Waals surface area contributed by atoms with Crippen LogP contribution >= 0.6 is 0 Å². The molecule has 4 nitrogen and oxygen atoms in total. The van der Waals surface area contributed by atoms with Crippen LogP contribution in [0.3, 0.4) is 0 Å². The number of pyridine rings is 1. The van der Waals surface area contributed by atoms with Crippen LogP contribution in [-0.4, -0.2) is 22.1 Å². The lowest BCUT2D eigenvalue weighted by Gasteiger charge is -2.12. The van der Waals surface area contributed by atoms with Crippen molar-refractivity contribution in [3.63, 3.8) is 0 Å². The number of carboxylic acids is 1. The van der Waals surface area contributed by atoms with Crippen LogP contribution in [0.4, 0.5) is 5.82 Å². The minimum absolute atomic E-state index is 0.323. The third kappa shape index (κ3) is 1.66. The second kappa shape index (κ2) is 3.71. The van der Waals surface area contributed by atoms with Gasteiger partial charge in [-0.2, -0.15) is 0 Å². The van der Waals surface area contributed by atoms with Crippen LogP contribution < -0.4 is 5.32 Å². The van der Waals surface area contributed by atoms with E-state index in [0.29, 0.717) is 11.6 Å². The Bertz CT molecular complexity index is 541. The van der Waals surface area contributed by atoms with Crippen LogP contribution in [0.5, 0.6) is 0 Å². The maximum Gasteiger partial charge on any atom is 0.335 e. The Kier molecular flexibility index (Phi) is 2.20. The average Bonchev–Trinajstić information content (AvgIpc) is 2.77. The number of rotatable bonds is 3. The average molecular weight is 258 g/mol. The molecular weight excluding hydrogens is 240 g/mol. The highest BCUT2D eigenvalue weighted by Crippen LogP contribution is 2.66. The number of aromatic nitrogens is 1. The van der Waals surface area contributed by atoms with E-state index >= 15 is 0 Å². The van der Waals surface area contributed by atoms with E-state index in [1.807, 2.05) is 6.92 Å². The van der Waals surface area contributed by atoms with Crippen LogP contribution in [-0.2, 0) is 0 Å². The number of nitrogens with one attached hydrogen (secondary N) is 1. The Balaban J connectivity index is 1.54. The summed E-state index contributed by atoms with van der Waals surface area (Å²) in [6, 6.07) is 3.82. The summed E-state index contributed by atoms with van der Waals surface area (Å²) < 4.78 is 0. The van der Waals surface area contributed by atoms with Crippen molar-refractivity contribution in [2.75, 3.05) is 5.32 Å². The van der Waals surface area contributed by atoms with Crippen molar-refractivity contribution >= 4 is 11.8 Å². The van der Waals surface area contributed by atoms with Crippen molar-refractivity contribution in [1.82, 2.24) is 4.98 Å². The van der Waals surface area contributed by atoms with Gasteiger partial charge >= 0.3 is 5.97 Å². The maximum atomic E-state index is 11.1. The summed E-state index contributed by atoms with van der Waals surface area (Å²) in [6.45, 7) is 1.84. The van der Waals surface area contributed by atoms with Crippen molar-refractivity contribution in [1.29, 1.82) is 0 Å². The molecule has 4 rings (SSSR count). The normalized spacial score (nSPS) is 38.1. The van der Waals surface area contributed by atoms with Gasteiger partial charge in [-0.15, -0.1) is 0 Å². The van der Waals surface area contributed by atoms with Gasteiger partial charge in [0.1, 0.15) is 5.82 Å². The Morgan fingerprint density at radius 2 is 2.00 bits per heavy atom. The second-order valence-corrected chi connectivity index (χ2v) is 6.35. The van der Waals surface area contributed by atoms with Gasteiger partial charge in [0, 0.05) is 11.7 Å². The van der Waals surface area contributed by atoms with Gasteiger partial charge in [-0.25, -0.2) is 9.78 Å². The first-order valence-corrected chi connectivity index (χ1v) is 7.12. The molecule has 0 aromatic carbocycles. The van der Waals surface area contributed by atoms with Crippen LogP contribution in [0, 0.1) is 30.6 Å². The zero-order valence-corrected chi connectivity index (χ0v) is 11.0. The molecule has 3 saturated carbocycles. The Morgan fingerprint density at radius 3 is 2.63 bits per heavy atom. The molecule has 3 fully saturated rings. The molecule has 0 saturated heterocycles. The second-order valence-electron chi connectivity index (χ2n) is 6.35. The molecule has 2 bridgehead atoms. The van der Waals surface area contributed by atoms with Crippen molar-refractivity contribution in [2.24, 2.45) is 23.7 Å². The highest BCUT2D eigenvalue weighted by Gasteiger charge is 2.65. The number of hydrogen-bond donors (Lipinski definition) is 2. The summed E-state index contributed by atoms with van der Waals surface area (Å²) in [5, 5.41) is 12.6. The van der Waals surface area contributed by atoms with Crippen molar-refractivity contribution in [3.05, 3.63) is 23.4 Å². The molecule has 3 aliphatic carbocycles. The molecule has 0 radical (unpaired) electrons. The first-order valence-electron chi connectivity index (χ1n) is 7.12. The molecule has 19 heavy (non-hydrogen) atoms. The lowest BCUT2D eigenvalue weighted by atomic mass is 10.0. The first kappa shape index (κ1) is 11.3. The molecule has 4 heteroatoms. The lowest BCUT2D eigenvalue weighted by Crippen LogP contribution is -2.14. The number of fused-ring (bicyclic) bond motifs is 5. The number of anilines is 1. The van der Waals surface area contributed by atoms with Crippen molar-refractivity contribution in [3.8, 4) is 0 Å². The van der Waals surface area contributed by atoms with Crippen LogP contribution in [0.15, 0.2) is 12.1 Å². The summed E-state index contributed by atoms with van der Waals surface area (Å²) in [5.41, 5.74) is 1.08. The fourth-order valence-corrected chi connectivity index (χ4v) is 4.56. The number of aryl methyl sites for hydroxylation is 1. The number of carboxylic acid groups (broad SMARTS) is 1. The van der Waals surface area contributed by atoms with Gasteiger partial charge in [-0.05, 0) is 62.0 Å². The molecule has 4 unspecified atom stereocenters. The predicted octanol–water partition coefficient (Wildman–Crippen LogP) is 2.54. The number of aromatic carboxylic acids is 1. The van der Waals surface area contributed by atoms with E-state index in [1.54, 1.807) is 12.1 Å². The van der Waals surface area contributed by atoms with E-state index in [1.165, 1.54) is 19.3 Å². The van der Waals surface area contributed by atoms with Crippen LogP contribution in [0.1, 0.15) is 35.3 Å². The van der Waals surface area contributed by atoms with Gasteiger partial charge in [-0.1, -0.05) is 0 Å². The molecule has 1 heterocycles. The predicted molar refractivity (Wildman–Crippen MR) is 71.2 cm³/mol. The van der Waals surface area contributed by atoms with Gasteiger partial charge in [0.25, 0.3) is 0 Å². The number of carbonyl (C=O) groups is 1. The number of nitrogens with zero attached hydrogens (tertiary/aromatic N) is 1. The molecule has 0 aliphatic heterocycles. The van der Waals surface area contributed by atoms with Crippen LogP contribution in [0.2, 0.25) is 0 Å². The van der Waals surface area contributed by atoms with Gasteiger partial charge in [0.15, 0.2) is 0 Å². The Labute approximate surface area is 112 Å². The molecule has 100 valence electrons. The smallest absolute Gasteiger partial charge is 0.335 e. The first-order chi connectivity index (χ1) is 9.13. The SMILES string of the molecule is Cc1cc(C(=O)O)cc(NC2C3C4CCC(C4)C23)n1. The Hall–Kier alpha value is -1.58. The fraction of sp³-hybridized carbons (Fsp3) is 0.600. The van der Waals surface area contributed by atoms with Gasteiger partial charge in [0.2, 0.25) is 0 Å². The van der Waals surface area contributed by atoms with Crippen molar-refractivity contribution < 1.29 is 9.90 Å².